The van der Waals surface area contributed by atoms with Gasteiger partial charge in [-0.05, 0) is 43.5 Å². The van der Waals surface area contributed by atoms with E-state index in [1.54, 1.807) is 6.07 Å². The molecular weight excluding hydrogens is 237 g/mol. The van der Waals surface area contributed by atoms with Gasteiger partial charge >= 0.3 is 0 Å². The van der Waals surface area contributed by atoms with Gasteiger partial charge in [-0.2, -0.15) is 0 Å². The van der Waals surface area contributed by atoms with Crippen LogP contribution in [0.5, 0.6) is 0 Å². The predicted octanol–water partition coefficient (Wildman–Crippen LogP) is 4.05. The van der Waals surface area contributed by atoms with Crippen LogP contribution in [0.25, 0.3) is 0 Å². The number of hydrogen-bond acceptors (Lipinski definition) is 1. The summed E-state index contributed by atoms with van der Waals surface area (Å²) >= 11 is 5.67. The Bertz CT molecular complexity index is 354. The van der Waals surface area contributed by atoms with Crippen molar-refractivity contribution in [3.63, 3.8) is 0 Å². The van der Waals surface area contributed by atoms with E-state index in [4.69, 9.17) is 11.6 Å². The average Bonchev–Trinajstić information content (AvgIpc) is 2.32. The second-order valence-corrected chi connectivity index (χ2v) is 5.09. The zero-order valence-electron chi connectivity index (χ0n) is 10.8. The van der Waals surface area contributed by atoms with Crippen LogP contribution >= 0.6 is 11.6 Å². The van der Waals surface area contributed by atoms with E-state index in [-0.39, 0.29) is 10.8 Å². The number of benzene rings is 1. The van der Waals surface area contributed by atoms with Crippen molar-refractivity contribution < 1.29 is 4.39 Å². The molecule has 0 fully saturated rings. The fourth-order valence-corrected chi connectivity index (χ4v) is 2.02. The molecule has 1 N–H and O–H groups in total. The summed E-state index contributed by atoms with van der Waals surface area (Å²) in [6, 6.07) is 5.45. The molecule has 0 amide bonds. The van der Waals surface area contributed by atoms with Crippen LogP contribution < -0.4 is 5.32 Å². The molecular formula is C14H21ClFN. The van der Waals surface area contributed by atoms with E-state index in [2.05, 4.69) is 19.2 Å². The fraction of sp³-hybridized carbons (Fsp3) is 0.571. The van der Waals surface area contributed by atoms with Gasteiger partial charge in [0, 0.05) is 6.04 Å². The number of hydrogen-bond donors (Lipinski definition) is 1. The molecule has 0 saturated heterocycles. The second kappa shape index (κ2) is 6.97. The highest BCUT2D eigenvalue weighted by Gasteiger charge is 2.12. The molecule has 3 heteroatoms. The van der Waals surface area contributed by atoms with E-state index in [1.807, 2.05) is 13.1 Å². The number of rotatable bonds is 6. The van der Waals surface area contributed by atoms with Gasteiger partial charge in [-0.1, -0.05) is 37.9 Å². The average molecular weight is 258 g/mol. The molecule has 0 heterocycles. The van der Waals surface area contributed by atoms with Crippen molar-refractivity contribution in [2.24, 2.45) is 5.92 Å². The quantitative estimate of drug-likeness (QED) is 0.811. The normalized spacial score (nSPS) is 14.6. The summed E-state index contributed by atoms with van der Waals surface area (Å²) in [6.45, 7) is 4.44. The van der Waals surface area contributed by atoms with Crippen LogP contribution in [0.15, 0.2) is 18.2 Å². The molecule has 2 atom stereocenters. The molecule has 1 aromatic rings. The summed E-state index contributed by atoms with van der Waals surface area (Å²) in [5, 5.41) is 3.49. The van der Waals surface area contributed by atoms with Crippen molar-refractivity contribution in [2.45, 2.75) is 39.2 Å². The Balaban J connectivity index is 2.63. The Morgan fingerprint density at radius 3 is 2.65 bits per heavy atom. The van der Waals surface area contributed by atoms with Gasteiger partial charge in [0.2, 0.25) is 0 Å². The lowest BCUT2D eigenvalue weighted by Gasteiger charge is -2.20. The Kier molecular flexibility index (Phi) is 5.93. The first kappa shape index (κ1) is 14.5. The van der Waals surface area contributed by atoms with Crippen molar-refractivity contribution >= 4 is 11.6 Å². The molecule has 0 bridgehead atoms. The van der Waals surface area contributed by atoms with Gasteiger partial charge in [0.1, 0.15) is 5.82 Å². The van der Waals surface area contributed by atoms with Gasteiger partial charge in [0.15, 0.2) is 0 Å². The van der Waals surface area contributed by atoms with Crippen molar-refractivity contribution in [1.29, 1.82) is 0 Å². The maximum Gasteiger partial charge on any atom is 0.142 e. The van der Waals surface area contributed by atoms with Gasteiger partial charge < -0.3 is 5.32 Å². The maximum absolute atomic E-state index is 13.3. The van der Waals surface area contributed by atoms with E-state index < -0.39 is 0 Å². The first-order valence-corrected chi connectivity index (χ1v) is 6.55. The number of halogens is 2. The lowest BCUT2D eigenvalue weighted by molar-refractivity contribution is 0.410. The SMILES string of the molecule is CCC(C)CC(Cc1ccc(Cl)c(F)c1)NC. The van der Waals surface area contributed by atoms with E-state index in [0.29, 0.717) is 12.0 Å². The molecule has 0 spiro atoms. The van der Waals surface area contributed by atoms with Crippen molar-refractivity contribution in [2.75, 3.05) is 7.05 Å². The Morgan fingerprint density at radius 1 is 1.41 bits per heavy atom. The third-order valence-electron chi connectivity index (χ3n) is 3.26. The van der Waals surface area contributed by atoms with Crippen LogP contribution in [0.2, 0.25) is 5.02 Å². The maximum atomic E-state index is 13.3. The minimum Gasteiger partial charge on any atom is -0.317 e. The zero-order chi connectivity index (χ0) is 12.8. The predicted molar refractivity (Wildman–Crippen MR) is 72.0 cm³/mol. The molecule has 0 aliphatic carbocycles. The summed E-state index contributed by atoms with van der Waals surface area (Å²) in [6.07, 6.45) is 3.12. The van der Waals surface area contributed by atoms with Crippen LogP contribution in [-0.2, 0) is 6.42 Å². The van der Waals surface area contributed by atoms with Crippen LogP contribution in [0.4, 0.5) is 4.39 Å². The van der Waals surface area contributed by atoms with Crippen molar-refractivity contribution in [1.82, 2.24) is 5.32 Å². The highest BCUT2D eigenvalue weighted by atomic mass is 35.5. The van der Waals surface area contributed by atoms with Gasteiger partial charge in [-0.25, -0.2) is 4.39 Å². The Hall–Kier alpha value is -0.600. The highest BCUT2D eigenvalue weighted by molar-refractivity contribution is 6.30. The van der Waals surface area contributed by atoms with Crippen LogP contribution in [-0.4, -0.2) is 13.1 Å². The fourth-order valence-electron chi connectivity index (χ4n) is 1.91. The van der Waals surface area contributed by atoms with Crippen LogP contribution in [0.1, 0.15) is 32.3 Å². The Labute approximate surface area is 108 Å². The molecule has 0 saturated carbocycles. The van der Waals surface area contributed by atoms with Crippen LogP contribution in [0, 0.1) is 11.7 Å². The smallest absolute Gasteiger partial charge is 0.142 e. The lowest BCUT2D eigenvalue weighted by Crippen LogP contribution is -2.29. The molecule has 0 aliphatic heterocycles. The van der Waals surface area contributed by atoms with Gasteiger partial charge in [-0.3, -0.25) is 0 Å². The minimum absolute atomic E-state index is 0.191. The monoisotopic (exact) mass is 257 g/mol. The molecule has 0 aliphatic rings. The van der Waals surface area contributed by atoms with E-state index in [0.717, 1.165) is 18.4 Å². The first-order chi connectivity index (χ1) is 8.06. The number of nitrogens with one attached hydrogen (secondary N) is 1. The molecule has 1 rings (SSSR count). The molecule has 17 heavy (non-hydrogen) atoms. The first-order valence-electron chi connectivity index (χ1n) is 6.18. The molecule has 1 aromatic carbocycles. The third-order valence-corrected chi connectivity index (χ3v) is 3.56. The summed E-state index contributed by atoms with van der Waals surface area (Å²) in [7, 11) is 1.96. The highest BCUT2D eigenvalue weighted by Crippen LogP contribution is 2.18. The van der Waals surface area contributed by atoms with Crippen molar-refractivity contribution in [3.05, 3.63) is 34.6 Å². The zero-order valence-corrected chi connectivity index (χ0v) is 11.5. The topological polar surface area (TPSA) is 12.0 Å². The molecule has 0 aromatic heterocycles. The summed E-state index contributed by atoms with van der Waals surface area (Å²) in [5.41, 5.74) is 0.995. The van der Waals surface area contributed by atoms with Crippen LogP contribution in [0.3, 0.4) is 0 Å². The van der Waals surface area contributed by atoms with Crippen molar-refractivity contribution in [3.8, 4) is 0 Å². The van der Waals surface area contributed by atoms with Gasteiger partial charge in [0.05, 0.1) is 5.02 Å². The standard InChI is InChI=1S/C14H21ClFN/c1-4-10(2)7-12(17-3)8-11-5-6-13(15)14(16)9-11/h5-6,9-10,12,17H,4,7-8H2,1-3H3. The van der Waals surface area contributed by atoms with E-state index >= 15 is 0 Å². The summed E-state index contributed by atoms with van der Waals surface area (Å²) in [4.78, 5) is 0. The molecule has 2 unspecified atom stereocenters. The number of likely N-dealkylation sites (N-methyl/N-ethyl adjacent to an activating group) is 1. The molecule has 1 nitrogen and oxygen atoms in total. The second-order valence-electron chi connectivity index (χ2n) is 4.69. The molecule has 0 radical (unpaired) electrons. The van der Waals surface area contributed by atoms with Gasteiger partial charge in [0.25, 0.3) is 0 Å². The Morgan fingerprint density at radius 2 is 2.12 bits per heavy atom. The minimum atomic E-state index is -0.331. The largest absolute Gasteiger partial charge is 0.317 e. The van der Waals surface area contributed by atoms with Gasteiger partial charge in [-0.15, -0.1) is 0 Å². The third kappa shape index (κ3) is 4.64. The lowest BCUT2D eigenvalue weighted by atomic mass is 9.95. The summed E-state index contributed by atoms with van der Waals surface area (Å²) < 4.78 is 13.3. The molecule has 96 valence electrons. The van der Waals surface area contributed by atoms with E-state index in [1.165, 1.54) is 12.5 Å². The van der Waals surface area contributed by atoms with E-state index in [9.17, 15) is 4.39 Å². The summed E-state index contributed by atoms with van der Waals surface area (Å²) in [5.74, 6) is 0.354.